The van der Waals surface area contributed by atoms with Gasteiger partial charge in [-0.05, 0) is 46.6 Å². The van der Waals surface area contributed by atoms with Crippen LogP contribution in [0.2, 0.25) is 0 Å². The second kappa shape index (κ2) is 6.23. The number of nitrogens with zero attached hydrogens (tertiary/aromatic N) is 4. The molecule has 1 amide bonds. The zero-order valence-electron chi connectivity index (χ0n) is 15.5. The van der Waals surface area contributed by atoms with Crippen molar-refractivity contribution < 1.29 is 9.32 Å². The summed E-state index contributed by atoms with van der Waals surface area (Å²) in [4.78, 5) is 17.6. The van der Waals surface area contributed by atoms with E-state index in [1.807, 2.05) is 44.6 Å². The minimum absolute atomic E-state index is 0.137. The molecule has 3 heterocycles. The van der Waals surface area contributed by atoms with E-state index in [1.54, 1.807) is 0 Å². The lowest BCUT2D eigenvalue weighted by atomic mass is 10.1. The van der Waals surface area contributed by atoms with Crippen LogP contribution in [0.1, 0.15) is 71.7 Å². The molecule has 0 spiro atoms. The lowest BCUT2D eigenvalue weighted by Crippen LogP contribution is -2.27. The highest BCUT2D eigenvalue weighted by Gasteiger charge is 2.29. The smallest absolute Gasteiger partial charge is 0.259 e. The first-order chi connectivity index (χ1) is 12.5. The molecule has 0 unspecified atom stereocenters. The number of aromatic nitrogens is 4. The highest BCUT2D eigenvalue weighted by atomic mass is 16.5. The molecule has 1 N–H and O–H groups in total. The monoisotopic (exact) mass is 353 g/mol. The van der Waals surface area contributed by atoms with Crippen LogP contribution in [0.4, 0.5) is 0 Å². The largest absolute Gasteiger partial charge is 0.345 e. The van der Waals surface area contributed by atoms with Gasteiger partial charge >= 0.3 is 0 Å². The zero-order chi connectivity index (χ0) is 18.4. The van der Waals surface area contributed by atoms with Gasteiger partial charge < -0.3 is 9.84 Å². The number of hydrogen-bond donors (Lipinski definition) is 1. The van der Waals surface area contributed by atoms with Crippen molar-refractivity contribution >= 4 is 17.0 Å². The maximum Gasteiger partial charge on any atom is 0.259 e. The summed E-state index contributed by atoms with van der Waals surface area (Å²) >= 11 is 0. The van der Waals surface area contributed by atoms with Gasteiger partial charge in [0.2, 0.25) is 0 Å². The number of pyridine rings is 1. The average molecular weight is 353 g/mol. The summed E-state index contributed by atoms with van der Waals surface area (Å²) < 4.78 is 7.21. The normalized spacial score (nSPS) is 15.4. The molecule has 0 radical (unpaired) electrons. The Balaban J connectivity index is 1.67. The summed E-state index contributed by atoms with van der Waals surface area (Å²) in [6, 6.07) is 1.75. The van der Waals surface area contributed by atoms with E-state index in [4.69, 9.17) is 4.52 Å². The molecule has 0 aliphatic heterocycles. The predicted molar refractivity (Wildman–Crippen MR) is 97.0 cm³/mol. The van der Waals surface area contributed by atoms with E-state index >= 15 is 0 Å². The van der Waals surface area contributed by atoms with Gasteiger partial charge in [0.25, 0.3) is 11.6 Å². The maximum absolute atomic E-state index is 13.0. The Hall–Kier alpha value is -2.70. The summed E-state index contributed by atoms with van der Waals surface area (Å²) in [7, 11) is 0. The molecule has 1 aliphatic carbocycles. The fraction of sp³-hybridized carbons (Fsp3) is 0.474. The van der Waals surface area contributed by atoms with E-state index in [-0.39, 0.29) is 11.9 Å². The lowest BCUT2D eigenvalue weighted by molar-refractivity contribution is 0.0941. The molecule has 7 heteroatoms. The van der Waals surface area contributed by atoms with E-state index in [1.165, 1.54) is 0 Å². The van der Waals surface area contributed by atoms with Crippen molar-refractivity contribution in [1.29, 1.82) is 0 Å². The van der Waals surface area contributed by atoms with Crippen LogP contribution < -0.4 is 5.32 Å². The Morgan fingerprint density at radius 2 is 2.15 bits per heavy atom. The Bertz CT molecular complexity index is 983. The quantitative estimate of drug-likeness (QED) is 0.759. The minimum Gasteiger partial charge on any atom is -0.345 e. The standard InChI is InChI=1S/C19H23N5O2/c1-5-24-9-15(11(3)22-24)10(2)20-18(25)14-8-16(13-6-7-13)21-19-17(14)12(4)23-26-19/h8-10,13H,5-7H2,1-4H3,(H,20,25)/t10-/m1/s1. The predicted octanol–water partition coefficient (Wildman–Crippen LogP) is 3.42. The Morgan fingerprint density at radius 3 is 2.81 bits per heavy atom. The highest BCUT2D eigenvalue weighted by molar-refractivity contribution is 6.06. The number of rotatable bonds is 5. The molecule has 0 bridgehead atoms. The van der Waals surface area contributed by atoms with E-state index < -0.39 is 0 Å². The second-order valence-electron chi connectivity index (χ2n) is 7.04. The van der Waals surface area contributed by atoms with Gasteiger partial charge in [-0.3, -0.25) is 9.48 Å². The molecule has 3 aromatic rings. The number of carbonyl (C=O) groups excluding carboxylic acids is 1. The number of amides is 1. The molecule has 0 saturated heterocycles. The first kappa shape index (κ1) is 16.8. The molecule has 7 nitrogen and oxygen atoms in total. The van der Waals surface area contributed by atoms with Crippen LogP contribution in [0.3, 0.4) is 0 Å². The van der Waals surface area contributed by atoms with Crippen LogP contribution in [-0.2, 0) is 6.54 Å². The van der Waals surface area contributed by atoms with Crippen molar-refractivity contribution in [2.45, 2.75) is 59.0 Å². The lowest BCUT2D eigenvalue weighted by Gasteiger charge is -2.14. The van der Waals surface area contributed by atoms with Crippen molar-refractivity contribution in [2.24, 2.45) is 0 Å². The topological polar surface area (TPSA) is 85.8 Å². The Labute approximate surface area is 151 Å². The first-order valence-corrected chi connectivity index (χ1v) is 9.09. The molecule has 136 valence electrons. The van der Waals surface area contributed by atoms with Gasteiger partial charge in [-0.15, -0.1) is 0 Å². The van der Waals surface area contributed by atoms with Crippen LogP contribution in [0, 0.1) is 13.8 Å². The van der Waals surface area contributed by atoms with E-state index in [9.17, 15) is 4.79 Å². The van der Waals surface area contributed by atoms with Crippen molar-refractivity contribution in [3.63, 3.8) is 0 Å². The van der Waals surface area contributed by atoms with Gasteiger partial charge in [-0.25, -0.2) is 4.98 Å². The summed E-state index contributed by atoms with van der Waals surface area (Å²) in [6.45, 7) is 8.62. The molecule has 1 fully saturated rings. The number of aryl methyl sites for hydroxylation is 3. The molecule has 1 aliphatic rings. The molecule has 1 saturated carbocycles. The SMILES string of the molecule is CCn1cc([C@@H](C)NC(=O)c2cc(C3CC3)nc3onc(C)c23)c(C)n1. The molecule has 4 rings (SSSR count). The van der Waals surface area contributed by atoms with Crippen LogP contribution in [0.5, 0.6) is 0 Å². The Morgan fingerprint density at radius 1 is 1.38 bits per heavy atom. The number of nitrogens with one attached hydrogen (secondary N) is 1. The molecule has 3 aromatic heterocycles. The van der Waals surface area contributed by atoms with E-state index in [0.29, 0.717) is 28.3 Å². The van der Waals surface area contributed by atoms with E-state index in [0.717, 1.165) is 36.3 Å². The van der Waals surface area contributed by atoms with Crippen LogP contribution >= 0.6 is 0 Å². The average Bonchev–Trinajstić information content (AvgIpc) is 3.31. The number of fused-ring (bicyclic) bond motifs is 1. The molecular formula is C19H23N5O2. The highest BCUT2D eigenvalue weighted by Crippen LogP contribution is 2.40. The molecule has 0 aromatic carbocycles. The van der Waals surface area contributed by atoms with Gasteiger partial charge in [0.1, 0.15) is 0 Å². The van der Waals surface area contributed by atoms with E-state index in [2.05, 4.69) is 20.6 Å². The number of hydrogen-bond acceptors (Lipinski definition) is 5. The van der Waals surface area contributed by atoms with Crippen molar-refractivity contribution in [3.8, 4) is 0 Å². The molecule has 26 heavy (non-hydrogen) atoms. The van der Waals surface area contributed by atoms with Crippen LogP contribution in [0.15, 0.2) is 16.8 Å². The fourth-order valence-electron chi connectivity index (χ4n) is 3.35. The summed E-state index contributed by atoms with van der Waals surface area (Å²) in [6.07, 6.45) is 4.21. The van der Waals surface area contributed by atoms with Crippen LogP contribution in [-0.4, -0.2) is 25.8 Å². The fourth-order valence-corrected chi connectivity index (χ4v) is 3.35. The molecule has 1 atom stereocenters. The van der Waals surface area contributed by atoms with Gasteiger partial charge in [0.05, 0.1) is 28.4 Å². The summed E-state index contributed by atoms with van der Waals surface area (Å²) in [5, 5.41) is 12.2. The second-order valence-corrected chi connectivity index (χ2v) is 7.04. The molecular weight excluding hydrogens is 330 g/mol. The third kappa shape index (κ3) is 2.87. The van der Waals surface area contributed by atoms with Gasteiger partial charge in [0.15, 0.2) is 0 Å². The summed E-state index contributed by atoms with van der Waals surface area (Å²) in [5.41, 5.74) is 4.58. The third-order valence-corrected chi connectivity index (χ3v) is 5.00. The maximum atomic E-state index is 13.0. The van der Waals surface area contributed by atoms with Gasteiger partial charge in [-0.1, -0.05) is 5.16 Å². The summed E-state index contributed by atoms with van der Waals surface area (Å²) in [5.74, 6) is 0.292. The minimum atomic E-state index is -0.143. The van der Waals surface area contributed by atoms with Crippen molar-refractivity contribution in [3.05, 3.63) is 40.5 Å². The third-order valence-electron chi connectivity index (χ3n) is 5.00. The van der Waals surface area contributed by atoms with Crippen molar-refractivity contribution in [1.82, 2.24) is 25.2 Å². The zero-order valence-corrected chi connectivity index (χ0v) is 15.5. The van der Waals surface area contributed by atoms with Gasteiger partial charge in [-0.2, -0.15) is 5.10 Å². The van der Waals surface area contributed by atoms with Gasteiger partial charge in [0, 0.05) is 29.9 Å². The first-order valence-electron chi connectivity index (χ1n) is 9.09. The van der Waals surface area contributed by atoms with Crippen LogP contribution in [0.25, 0.3) is 11.1 Å². The number of carbonyl (C=O) groups is 1. The van der Waals surface area contributed by atoms with Crippen molar-refractivity contribution in [2.75, 3.05) is 0 Å². The Kier molecular flexibility index (Phi) is 4.01.